The second kappa shape index (κ2) is 6.27. The van der Waals surface area contributed by atoms with Gasteiger partial charge in [-0.25, -0.2) is 9.89 Å². The number of halogens is 3. The molecule has 0 aliphatic heterocycles. The van der Waals surface area contributed by atoms with E-state index in [0.29, 0.717) is 5.56 Å². The predicted octanol–water partition coefficient (Wildman–Crippen LogP) is 2.24. The van der Waals surface area contributed by atoms with Crippen LogP contribution in [0.5, 0.6) is 0 Å². The van der Waals surface area contributed by atoms with E-state index < -0.39 is 29.4 Å². The average molecular weight is 328 g/mol. The molecular formula is C14H15F3N4O2. The van der Waals surface area contributed by atoms with E-state index in [4.69, 9.17) is 0 Å². The summed E-state index contributed by atoms with van der Waals surface area (Å²) in [5, 5.41) is 8.13. The highest BCUT2D eigenvalue weighted by Gasteiger charge is 2.31. The summed E-state index contributed by atoms with van der Waals surface area (Å²) >= 11 is 0. The molecule has 124 valence electrons. The van der Waals surface area contributed by atoms with Gasteiger partial charge in [0.05, 0.1) is 11.6 Å². The topological polar surface area (TPSA) is 90.6 Å². The lowest BCUT2D eigenvalue weighted by atomic mass is 9.94. The Morgan fingerprint density at radius 1 is 1.30 bits per heavy atom. The normalized spacial score (nSPS) is 13.1. The van der Waals surface area contributed by atoms with Gasteiger partial charge in [0.15, 0.2) is 0 Å². The van der Waals surface area contributed by atoms with Crippen LogP contribution in [0, 0.1) is 5.92 Å². The van der Waals surface area contributed by atoms with Crippen LogP contribution >= 0.6 is 0 Å². The molecule has 0 aliphatic rings. The first-order valence-electron chi connectivity index (χ1n) is 6.81. The molecule has 1 unspecified atom stereocenters. The van der Waals surface area contributed by atoms with E-state index >= 15 is 0 Å². The molecule has 0 saturated carbocycles. The van der Waals surface area contributed by atoms with Crippen molar-refractivity contribution in [2.24, 2.45) is 5.92 Å². The molecule has 2 aromatic rings. The summed E-state index contributed by atoms with van der Waals surface area (Å²) in [5.41, 5.74) is -1.11. The van der Waals surface area contributed by atoms with Crippen LogP contribution < -0.4 is 11.0 Å². The second-order valence-electron chi connectivity index (χ2n) is 5.34. The van der Waals surface area contributed by atoms with E-state index in [1.54, 1.807) is 13.8 Å². The Morgan fingerprint density at radius 2 is 2.00 bits per heavy atom. The second-order valence-corrected chi connectivity index (χ2v) is 5.34. The molecule has 1 atom stereocenters. The molecule has 0 saturated heterocycles. The van der Waals surface area contributed by atoms with Crippen molar-refractivity contribution in [1.29, 1.82) is 0 Å². The summed E-state index contributed by atoms with van der Waals surface area (Å²) in [4.78, 5) is 25.2. The van der Waals surface area contributed by atoms with Crippen LogP contribution in [-0.2, 0) is 6.18 Å². The maximum Gasteiger partial charge on any atom is 0.416 e. The highest BCUT2D eigenvalue weighted by atomic mass is 19.4. The predicted molar refractivity (Wildman–Crippen MR) is 75.7 cm³/mol. The van der Waals surface area contributed by atoms with Crippen LogP contribution in [0.2, 0.25) is 0 Å². The van der Waals surface area contributed by atoms with Crippen molar-refractivity contribution in [3.05, 3.63) is 51.7 Å². The van der Waals surface area contributed by atoms with E-state index in [0.717, 1.165) is 12.1 Å². The Morgan fingerprint density at radius 3 is 2.52 bits per heavy atom. The molecule has 0 fully saturated rings. The molecule has 1 aromatic carbocycles. The van der Waals surface area contributed by atoms with Gasteiger partial charge in [0.1, 0.15) is 0 Å². The number of aromatic amines is 2. The summed E-state index contributed by atoms with van der Waals surface area (Å²) in [6.45, 7) is 3.52. The average Bonchev–Trinajstić information content (AvgIpc) is 2.90. The number of H-pyrrole nitrogens is 2. The fraction of sp³-hybridized carbons (Fsp3) is 0.357. The maximum atomic E-state index is 12.8. The standard InChI is InChI=1S/C14H15F3N4O2/c1-7(2)10(18-12(22)11-19-13(23)21-20-11)8-4-3-5-9(6-8)14(15,16)17/h3-7,10H,1-2H3,(H,18,22)(H2,19,20,21,23). The summed E-state index contributed by atoms with van der Waals surface area (Å²) < 4.78 is 38.5. The number of aromatic nitrogens is 3. The minimum Gasteiger partial charge on any atom is -0.342 e. The minimum absolute atomic E-state index is 0.173. The van der Waals surface area contributed by atoms with Gasteiger partial charge in [-0.1, -0.05) is 26.0 Å². The number of hydrogen-bond acceptors (Lipinski definition) is 3. The lowest BCUT2D eigenvalue weighted by molar-refractivity contribution is -0.137. The molecule has 0 spiro atoms. The van der Waals surface area contributed by atoms with Crippen LogP contribution in [0.15, 0.2) is 29.1 Å². The summed E-state index contributed by atoms with van der Waals surface area (Å²) in [6.07, 6.45) is -4.46. The lowest BCUT2D eigenvalue weighted by Crippen LogP contribution is -2.32. The van der Waals surface area contributed by atoms with Crippen molar-refractivity contribution in [3.8, 4) is 0 Å². The quantitative estimate of drug-likeness (QED) is 0.804. The number of nitrogens with one attached hydrogen (secondary N) is 3. The van der Waals surface area contributed by atoms with Gasteiger partial charge in [0, 0.05) is 0 Å². The first-order chi connectivity index (χ1) is 10.7. The van der Waals surface area contributed by atoms with Crippen molar-refractivity contribution in [2.45, 2.75) is 26.1 Å². The zero-order valence-electron chi connectivity index (χ0n) is 12.4. The number of rotatable bonds is 4. The zero-order chi connectivity index (χ0) is 17.2. The number of carbonyl (C=O) groups is 1. The highest BCUT2D eigenvalue weighted by molar-refractivity contribution is 5.90. The van der Waals surface area contributed by atoms with Crippen LogP contribution in [0.1, 0.15) is 41.6 Å². The SMILES string of the molecule is CC(C)C(NC(=O)c1n[nH]c(=O)[nH]1)c1cccc(C(F)(F)F)c1. The number of nitrogens with zero attached hydrogens (tertiary/aromatic N) is 1. The molecular weight excluding hydrogens is 313 g/mol. The summed E-state index contributed by atoms with van der Waals surface area (Å²) in [7, 11) is 0. The van der Waals surface area contributed by atoms with Crippen molar-refractivity contribution in [2.75, 3.05) is 0 Å². The maximum absolute atomic E-state index is 12.8. The van der Waals surface area contributed by atoms with E-state index in [2.05, 4.69) is 20.5 Å². The van der Waals surface area contributed by atoms with Gasteiger partial charge in [-0.15, -0.1) is 5.10 Å². The third-order valence-electron chi connectivity index (χ3n) is 3.24. The van der Waals surface area contributed by atoms with Crippen molar-refractivity contribution in [3.63, 3.8) is 0 Å². The Bertz CT molecular complexity index is 749. The summed E-state index contributed by atoms with van der Waals surface area (Å²) in [6, 6.07) is 4.10. The Labute approximate surface area is 129 Å². The van der Waals surface area contributed by atoms with Crippen LogP contribution in [0.3, 0.4) is 0 Å². The molecule has 2 rings (SSSR count). The molecule has 1 amide bonds. The molecule has 6 nitrogen and oxygen atoms in total. The van der Waals surface area contributed by atoms with E-state index in [1.165, 1.54) is 12.1 Å². The lowest BCUT2D eigenvalue weighted by Gasteiger charge is -2.23. The summed E-state index contributed by atoms with van der Waals surface area (Å²) in [5.74, 6) is -1.08. The third-order valence-corrected chi connectivity index (χ3v) is 3.24. The highest BCUT2D eigenvalue weighted by Crippen LogP contribution is 2.32. The number of benzene rings is 1. The first kappa shape index (κ1) is 16.8. The zero-order valence-corrected chi connectivity index (χ0v) is 12.4. The van der Waals surface area contributed by atoms with Gasteiger partial charge in [0.25, 0.3) is 5.91 Å². The monoisotopic (exact) mass is 328 g/mol. The van der Waals surface area contributed by atoms with Crippen molar-refractivity contribution >= 4 is 5.91 Å². The molecule has 23 heavy (non-hydrogen) atoms. The smallest absolute Gasteiger partial charge is 0.342 e. The molecule has 0 radical (unpaired) electrons. The minimum atomic E-state index is -4.46. The number of alkyl halides is 3. The van der Waals surface area contributed by atoms with Crippen LogP contribution in [0.4, 0.5) is 13.2 Å². The van der Waals surface area contributed by atoms with Gasteiger partial charge in [-0.3, -0.25) is 9.78 Å². The van der Waals surface area contributed by atoms with Crippen molar-refractivity contribution in [1.82, 2.24) is 20.5 Å². The Balaban J connectivity index is 2.29. The first-order valence-corrected chi connectivity index (χ1v) is 6.81. The number of amides is 1. The third kappa shape index (κ3) is 3.99. The molecule has 0 bridgehead atoms. The van der Waals surface area contributed by atoms with Crippen molar-refractivity contribution < 1.29 is 18.0 Å². The van der Waals surface area contributed by atoms with Gasteiger partial charge in [-0.2, -0.15) is 13.2 Å². The molecule has 1 aromatic heterocycles. The van der Waals surface area contributed by atoms with Gasteiger partial charge >= 0.3 is 11.9 Å². The van der Waals surface area contributed by atoms with E-state index in [-0.39, 0.29) is 11.7 Å². The Kier molecular flexibility index (Phi) is 4.57. The number of hydrogen-bond donors (Lipinski definition) is 3. The fourth-order valence-electron chi connectivity index (χ4n) is 2.13. The molecule has 0 aliphatic carbocycles. The van der Waals surface area contributed by atoms with E-state index in [1.807, 2.05) is 0 Å². The van der Waals surface area contributed by atoms with Gasteiger partial charge in [-0.05, 0) is 23.6 Å². The number of carbonyl (C=O) groups excluding carboxylic acids is 1. The van der Waals surface area contributed by atoms with Crippen LogP contribution in [-0.4, -0.2) is 21.1 Å². The van der Waals surface area contributed by atoms with Gasteiger partial charge in [0.2, 0.25) is 5.82 Å². The Hall–Kier alpha value is -2.58. The molecule has 3 N–H and O–H groups in total. The van der Waals surface area contributed by atoms with E-state index in [9.17, 15) is 22.8 Å². The molecule has 9 heteroatoms. The van der Waals surface area contributed by atoms with Crippen LogP contribution in [0.25, 0.3) is 0 Å². The fourth-order valence-corrected chi connectivity index (χ4v) is 2.13. The molecule has 1 heterocycles. The largest absolute Gasteiger partial charge is 0.416 e. The van der Waals surface area contributed by atoms with Gasteiger partial charge < -0.3 is 5.32 Å².